The fourth-order valence-corrected chi connectivity index (χ4v) is 5.55. The third-order valence-electron chi connectivity index (χ3n) is 3.25. The molecule has 1 N–H and O–H groups in total. The Labute approximate surface area is 103 Å². The van der Waals surface area contributed by atoms with Gasteiger partial charge in [0.25, 0.3) is 8.41 Å². The summed E-state index contributed by atoms with van der Waals surface area (Å²) >= 11 is 0. The van der Waals surface area contributed by atoms with E-state index in [2.05, 4.69) is 0 Å². The maximum absolute atomic E-state index is 15.1. The van der Waals surface area contributed by atoms with Gasteiger partial charge in [-0.15, -0.1) is 0 Å². The van der Waals surface area contributed by atoms with E-state index in [1.54, 1.807) is 12.1 Å². The molecule has 0 aromatic heterocycles. The molecule has 1 aromatic rings. The first-order chi connectivity index (χ1) is 7.80. The third kappa shape index (κ3) is 2.57. The number of rotatable bonds is 4. The Morgan fingerprint density at radius 3 is 1.82 bits per heavy atom. The molecule has 0 atom stereocenters. The second-order valence-corrected chi connectivity index (χ2v) is 9.38. The number of aromatic carboxylic acids is 1. The average molecular weight is 254 g/mol. The van der Waals surface area contributed by atoms with Gasteiger partial charge in [-0.25, -0.2) is 4.79 Å². The lowest BCUT2D eigenvalue weighted by Gasteiger charge is -2.30. The highest BCUT2D eigenvalue weighted by molar-refractivity contribution is 6.88. The van der Waals surface area contributed by atoms with Crippen LogP contribution < -0.4 is 5.19 Å². The smallest absolute Gasteiger partial charge is 0.335 e. The molecule has 0 spiro atoms. The topological polar surface area (TPSA) is 37.3 Å². The summed E-state index contributed by atoms with van der Waals surface area (Å²) in [5.41, 5.74) is 0.175. The number of carboxylic acid groups (broad SMARTS) is 1. The first-order valence-corrected chi connectivity index (χ1v) is 7.86. The number of hydrogen-bond donors (Lipinski definition) is 1. The van der Waals surface area contributed by atoms with Crippen molar-refractivity contribution >= 4 is 19.6 Å². The predicted octanol–water partition coefficient (Wildman–Crippen LogP) is 3.33. The van der Waals surface area contributed by atoms with Gasteiger partial charge in [-0.05, 0) is 28.4 Å². The van der Waals surface area contributed by atoms with Crippen LogP contribution in [-0.2, 0) is 0 Å². The van der Waals surface area contributed by atoms with Gasteiger partial charge in [0.2, 0.25) is 0 Å². The van der Waals surface area contributed by atoms with E-state index in [0.29, 0.717) is 5.19 Å². The lowest BCUT2D eigenvalue weighted by atomic mass is 10.2. The van der Waals surface area contributed by atoms with Gasteiger partial charge in [0, 0.05) is 0 Å². The monoisotopic (exact) mass is 254 g/mol. The Morgan fingerprint density at radius 1 is 1.12 bits per heavy atom. The summed E-state index contributed by atoms with van der Waals surface area (Å²) in [5, 5.41) is 9.50. The van der Waals surface area contributed by atoms with Crippen molar-refractivity contribution in [2.24, 2.45) is 0 Å². The molecular weight excluding hydrogens is 235 g/mol. The predicted molar refractivity (Wildman–Crippen MR) is 70.1 cm³/mol. The summed E-state index contributed by atoms with van der Waals surface area (Å²) < 4.78 is 15.1. The van der Waals surface area contributed by atoms with Gasteiger partial charge in [0.1, 0.15) is 0 Å². The minimum Gasteiger partial charge on any atom is -0.478 e. The van der Waals surface area contributed by atoms with Crippen molar-refractivity contribution in [3.63, 3.8) is 0 Å². The van der Waals surface area contributed by atoms with Crippen molar-refractivity contribution in [2.45, 2.75) is 38.8 Å². The molecule has 0 aliphatic carbocycles. The van der Waals surface area contributed by atoms with Gasteiger partial charge >= 0.3 is 5.97 Å². The standard InChI is InChI=1S/C13H19FO2Si/c1-9(2)17(14,10(3)4)12-7-5-11(6-8-12)13(15)16/h5-10H,1-4H3,(H,15,16)/i14+0. The molecule has 0 heterocycles. The van der Waals surface area contributed by atoms with E-state index in [4.69, 9.17) is 5.11 Å². The Kier molecular flexibility index (Phi) is 4.09. The van der Waals surface area contributed by atoms with Crippen LogP contribution >= 0.6 is 0 Å². The molecule has 2 nitrogen and oxygen atoms in total. The molecule has 94 valence electrons. The first kappa shape index (κ1) is 13.9. The largest absolute Gasteiger partial charge is 0.478 e. The van der Waals surface area contributed by atoms with Crippen LogP contribution in [-0.4, -0.2) is 19.5 Å². The molecule has 0 aliphatic rings. The quantitative estimate of drug-likeness (QED) is 0.661. The Morgan fingerprint density at radius 2 is 1.53 bits per heavy atom. The normalized spacial score (nSPS) is 12.2. The summed E-state index contributed by atoms with van der Waals surface area (Å²) in [6.07, 6.45) is 0. The Bertz CT molecular complexity index is 390. The summed E-state index contributed by atoms with van der Waals surface area (Å²) in [4.78, 5) is 10.7. The van der Waals surface area contributed by atoms with Crippen molar-refractivity contribution in [3.05, 3.63) is 29.8 Å². The summed E-state index contributed by atoms with van der Waals surface area (Å²) in [7, 11) is -3.03. The molecule has 17 heavy (non-hydrogen) atoms. The van der Waals surface area contributed by atoms with Gasteiger partial charge in [-0.1, -0.05) is 39.8 Å². The molecule has 0 saturated heterocycles. The minimum absolute atomic E-state index is 0.0156. The lowest BCUT2D eigenvalue weighted by molar-refractivity contribution is 0.0697. The molecular formula is C13H19FO2Si. The van der Waals surface area contributed by atoms with E-state index in [1.807, 2.05) is 27.7 Å². The molecule has 0 amide bonds. The molecule has 1 rings (SSSR count). The van der Waals surface area contributed by atoms with Crippen LogP contribution in [0.2, 0.25) is 11.1 Å². The van der Waals surface area contributed by atoms with Crippen molar-refractivity contribution in [1.29, 1.82) is 0 Å². The van der Waals surface area contributed by atoms with Crippen LogP contribution in [0.1, 0.15) is 38.1 Å². The zero-order valence-electron chi connectivity index (χ0n) is 10.7. The Balaban J connectivity index is 3.17. The van der Waals surface area contributed by atoms with E-state index < -0.39 is 14.4 Å². The first-order valence-electron chi connectivity index (χ1n) is 5.82. The number of halogens is 1. The zero-order valence-corrected chi connectivity index (χ0v) is 11.7. The summed E-state index contributed by atoms with van der Waals surface area (Å²) in [6.45, 7) is 7.60. The van der Waals surface area contributed by atoms with Crippen LogP contribution in [0.25, 0.3) is 0 Å². The minimum atomic E-state index is -3.03. The van der Waals surface area contributed by atoms with Gasteiger partial charge in [-0.2, -0.15) is 0 Å². The highest BCUT2D eigenvalue weighted by Gasteiger charge is 2.43. The Hall–Kier alpha value is -1.16. The number of carbonyl (C=O) groups is 1. The number of benzene rings is 1. The van der Waals surface area contributed by atoms with Crippen molar-refractivity contribution in [3.8, 4) is 0 Å². The lowest BCUT2D eigenvalue weighted by Crippen LogP contribution is -2.49. The highest BCUT2D eigenvalue weighted by atomic mass is 28.4. The fourth-order valence-electron chi connectivity index (χ4n) is 2.20. The van der Waals surface area contributed by atoms with Gasteiger partial charge < -0.3 is 9.21 Å². The summed E-state index contributed by atoms with van der Waals surface area (Å²) in [6, 6.07) is 6.25. The maximum Gasteiger partial charge on any atom is 0.335 e. The van der Waals surface area contributed by atoms with E-state index in [1.165, 1.54) is 12.1 Å². The molecule has 0 aliphatic heterocycles. The van der Waals surface area contributed by atoms with Crippen LogP contribution in [0, 0.1) is 0 Å². The second kappa shape index (κ2) is 5.00. The van der Waals surface area contributed by atoms with Gasteiger partial charge in [-0.3, -0.25) is 0 Å². The van der Waals surface area contributed by atoms with E-state index in [0.717, 1.165) is 0 Å². The van der Waals surface area contributed by atoms with Crippen LogP contribution in [0.5, 0.6) is 0 Å². The van der Waals surface area contributed by atoms with Crippen LogP contribution in [0.4, 0.5) is 4.11 Å². The SMILES string of the molecule is CC(C)[Si]([19F])(c1ccc(C(=O)O)cc1)C(C)C. The molecule has 0 saturated carbocycles. The average Bonchev–Trinajstić information content (AvgIpc) is 2.27. The molecule has 0 bridgehead atoms. The fraction of sp³-hybridized carbons (Fsp3) is 0.462. The maximum atomic E-state index is 15.1. The van der Waals surface area contributed by atoms with Gasteiger partial charge in [0.05, 0.1) is 5.56 Å². The van der Waals surface area contributed by atoms with Gasteiger partial charge in [0.15, 0.2) is 0 Å². The third-order valence-corrected chi connectivity index (χ3v) is 7.83. The van der Waals surface area contributed by atoms with Crippen LogP contribution in [0.15, 0.2) is 24.3 Å². The molecule has 0 fully saturated rings. The molecule has 0 unspecified atom stereocenters. The number of carboxylic acids is 1. The number of hydrogen-bond acceptors (Lipinski definition) is 1. The van der Waals surface area contributed by atoms with Crippen LogP contribution in [0.3, 0.4) is 0 Å². The highest BCUT2D eigenvalue weighted by Crippen LogP contribution is 2.33. The van der Waals surface area contributed by atoms with Crippen molar-refractivity contribution in [2.75, 3.05) is 0 Å². The van der Waals surface area contributed by atoms with Crippen molar-refractivity contribution < 1.29 is 14.0 Å². The summed E-state index contributed by atoms with van der Waals surface area (Å²) in [5.74, 6) is -0.975. The van der Waals surface area contributed by atoms with Crippen molar-refractivity contribution in [1.82, 2.24) is 0 Å². The van der Waals surface area contributed by atoms with E-state index in [9.17, 15) is 4.79 Å². The van der Waals surface area contributed by atoms with E-state index >= 15 is 4.11 Å². The molecule has 0 radical (unpaired) electrons. The molecule has 4 heteroatoms. The molecule has 1 aromatic carbocycles. The second-order valence-electron chi connectivity index (χ2n) is 4.96. The zero-order chi connectivity index (χ0) is 13.2. The van der Waals surface area contributed by atoms with E-state index in [-0.39, 0.29) is 16.6 Å².